The average Bonchev–Trinajstić information content (AvgIpc) is 2.43. The van der Waals surface area contributed by atoms with Crippen LogP contribution >= 0.6 is 11.8 Å². The summed E-state index contributed by atoms with van der Waals surface area (Å²) in [6, 6.07) is 0. The topological polar surface area (TPSA) is 20.2 Å². The second kappa shape index (κ2) is 5.92. The maximum absolute atomic E-state index is 9.57. The minimum Gasteiger partial charge on any atom is -0.393 e. The molecule has 1 aliphatic carbocycles. The van der Waals surface area contributed by atoms with Gasteiger partial charge in [-0.3, -0.25) is 0 Å². The van der Waals surface area contributed by atoms with Gasteiger partial charge in [0.1, 0.15) is 0 Å². The highest BCUT2D eigenvalue weighted by atomic mass is 32.2. The molecular formula is C11H22OS. The van der Waals surface area contributed by atoms with E-state index in [-0.39, 0.29) is 6.10 Å². The molecule has 0 aromatic rings. The van der Waals surface area contributed by atoms with Crippen molar-refractivity contribution < 1.29 is 5.11 Å². The zero-order chi connectivity index (χ0) is 9.68. The van der Waals surface area contributed by atoms with E-state index in [9.17, 15) is 5.11 Å². The molecule has 78 valence electrons. The largest absolute Gasteiger partial charge is 0.393 e. The van der Waals surface area contributed by atoms with E-state index in [4.69, 9.17) is 0 Å². The highest BCUT2D eigenvalue weighted by molar-refractivity contribution is 7.99. The van der Waals surface area contributed by atoms with E-state index in [1.165, 1.54) is 30.8 Å². The first-order valence-corrected chi connectivity index (χ1v) is 6.67. The predicted molar refractivity (Wildman–Crippen MR) is 60.1 cm³/mol. The van der Waals surface area contributed by atoms with E-state index >= 15 is 0 Å². The lowest BCUT2D eigenvalue weighted by molar-refractivity contribution is 0.126. The molecule has 2 heteroatoms. The number of hydrogen-bond acceptors (Lipinski definition) is 2. The maximum Gasteiger partial charge on any atom is 0.0568 e. The average molecular weight is 202 g/mol. The van der Waals surface area contributed by atoms with Crippen LogP contribution in [0.4, 0.5) is 0 Å². The molecular weight excluding hydrogens is 180 g/mol. The minimum atomic E-state index is -0.0103. The molecule has 0 saturated heterocycles. The van der Waals surface area contributed by atoms with Crippen molar-refractivity contribution in [1.82, 2.24) is 0 Å². The van der Waals surface area contributed by atoms with Gasteiger partial charge in [-0.1, -0.05) is 13.8 Å². The summed E-state index contributed by atoms with van der Waals surface area (Å²) >= 11 is 2.03. The Morgan fingerprint density at radius 3 is 2.69 bits per heavy atom. The molecule has 1 saturated carbocycles. The Balaban J connectivity index is 2.08. The highest BCUT2D eigenvalue weighted by Crippen LogP contribution is 2.34. The van der Waals surface area contributed by atoms with Crippen LogP contribution in [-0.2, 0) is 0 Å². The van der Waals surface area contributed by atoms with Gasteiger partial charge < -0.3 is 5.11 Å². The zero-order valence-electron chi connectivity index (χ0n) is 8.83. The van der Waals surface area contributed by atoms with Gasteiger partial charge in [0.15, 0.2) is 0 Å². The molecule has 0 radical (unpaired) electrons. The van der Waals surface area contributed by atoms with Gasteiger partial charge in [0.25, 0.3) is 0 Å². The van der Waals surface area contributed by atoms with Crippen molar-refractivity contribution in [1.29, 1.82) is 0 Å². The Morgan fingerprint density at radius 2 is 2.15 bits per heavy atom. The fraction of sp³-hybridized carbons (Fsp3) is 1.00. The minimum absolute atomic E-state index is 0.0103. The molecule has 0 aliphatic heterocycles. The van der Waals surface area contributed by atoms with Gasteiger partial charge in [-0.15, -0.1) is 0 Å². The molecule has 3 unspecified atom stereocenters. The predicted octanol–water partition coefficient (Wildman–Crippen LogP) is 2.93. The second-order valence-electron chi connectivity index (χ2n) is 4.10. The van der Waals surface area contributed by atoms with E-state index in [1.807, 2.05) is 11.8 Å². The van der Waals surface area contributed by atoms with Gasteiger partial charge in [-0.05, 0) is 49.0 Å². The summed E-state index contributed by atoms with van der Waals surface area (Å²) in [5.74, 6) is 3.89. The Kier molecular flexibility index (Phi) is 5.18. The third-order valence-corrected chi connectivity index (χ3v) is 4.24. The van der Waals surface area contributed by atoms with Crippen LogP contribution in [0.2, 0.25) is 0 Å². The summed E-state index contributed by atoms with van der Waals surface area (Å²) in [7, 11) is 0. The lowest BCUT2D eigenvalue weighted by Crippen LogP contribution is -2.15. The van der Waals surface area contributed by atoms with Gasteiger partial charge in [0.2, 0.25) is 0 Å². The summed E-state index contributed by atoms with van der Waals surface area (Å²) in [5, 5.41) is 9.57. The lowest BCUT2D eigenvalue weighted by atomic mass is 9.93. The van der Waals surface area contributed by atoms with Crippen LogP contribution in [0.5, 0.6) is 0 Å². The Bertz CT molecular complexity index is 138. The first-order valence-electron chi connectivity index (χ1n) is 5.51. The van der Waals surface area contributed by atoms with Crippen molar-refractivity contribution in [3.8, 4) is 0 Å². The summed E-state index contributed by atoms with van der Waals surface area (Å²) in [4.78, 5) is 0. The van der Waals surface area contributed by atoms with Gasteiger partial charge in [0, 0.05) is 0 Å². The first kappa shape index (κ1) is 11.4. The van der Waals surface area contributed by atoms with Crippen molar-refractivity contribution in [2.45, 2.75) is 45.6 Å². The third kappa shape index (κ3) is 3.51. The second-order valence-corrected chi connectivity index (χ2v) is 5.50. The van der Waals surface area contributed by atoms with Gasteiger partial charge >= 0.3 is 0 Å². The van der Waals surface area contributed by atoms with E-state index < -0.39 is 0 Å². The maximum atomic E-state index is 9.57. The molecule has 0 spiro atoms. The van der Waals surface area contributed by atoms with Crippen LogP contribution in [0, 0.1) is 11.8 Å². The summed E-state index contributed by atoms with van der Waals surface area (Å²) < 4.78 is 0. The van der Waals surface area contributed by atoms with Crippen LogP contribution < -0.4 is 0 Å². The van der Waals surface area contributed by atoms with Crippen LogP contribution in [-0.4, -0.2) is 22.7 Å². The third-order valence-electron chi connectivity index (χ3n) is 3.25. The first-order chi connectivity index (χ1) is 6.25. The van der Waals surface area contributed by atoms with E-state index in [0.29, 0.717) is 5.92 Å². The van der Waals surface area contributed by atoms with Crippen LogP contribution in [0.25, 0.3) is 0 Å². The van der Waals surface area contributed by atoms with E-state index in [1.54, 1.807) is 0 Å². The monoisotopic (exact) mass is 202 g/mol. The van der Waals surface area contributed by atoms with Crippen LogP contribution in [0.3, 0.4) is 0 Å². The molecule has 0 bridgehead atoms. The van der Waals surface area contributed by atoms with Crippen LogP contribution in [0.1, 0.15) is 39.5 Å². The molecule has 0 amide bonds. The SMILES string of the molecule is CCSCCCC1CCC(O)C1C. The van der Waals surface area contributed by atoms with Gasteiger partial charge in [-0.2, -0.15) is 11.8 Å². The number of aliphatic hydroxyl groups excluding tert-OH is 1. The van der Waals surface area contributed by atoms with Gasteiger partial charge in [0.05, 0.1) is 6.10 Å². The molecule has 0 aromatic heterocycles. The van der Waals surface area contributed by atoms with Crippen molar-refractivity contribution >= 4 is 11.8 Å². The smallest absolute Gasteiger partial charge is 0.0568 e. The number of hydrogen-bond donors (Lipinski definition) is 1. The molecule has 1 N–H and O–H groups in total. The molecule has 13 heavy (non-hydrogen) atoms. The highest BCUT2D eigenvalue weighted by Gasteiger charge is 2.30. The van der Waals surface area contributed by atoms with Crippen LogP contribution in [0.15, 0.2) is 0 Å². The summed E-state index contributed by atoms with van der Waals surface area (Å²) in [6.45, 7) is 4.42. The molecule has 1 fully saturated rings. The van der Waals surface area contributed by atoms with Crippen molar-refractivity contribution in [3.63, 3.8) is 0 Å². The molecule has 0 heterocycles. The van der Waals surface area contributed by atoms with Crippen molar-refractivity contribution in [3.05, 3.63) is 0 Å². The summed E-state index contributed by atoms with van der Waals surface area (Å²) in [6.07, 6.45) is 4.93. The normalized spacial score (nSPS) is 33.9. The van der Waals surface area contributed by atoms with E-state index in [2.05, 4.69) is 13.8 Å². The van der Waals surface area contributed by atoms with E-state index in [0.717, 1.165) is 12.3 Å². The Hall–Kier alpha value is 0.310. The number of thioether (sulfide) groups is 1. The molecule has 1 nitrogen and oxygen atoms in total. The fourth-order valence-corrected chi connectivity index (χ4v) is 2.88. The van der Waals surface area contributed by atoms with Gasteiger partial charge in [-0.25, -0.2) is 0 Å². The lowest BCUT2D eigenvalue weighted by Gasteiger charge is -2.16. The molecule has 1 rings (SSSR count). The molecule has 0 aromatic carbocycles. The molecule has 3 atom stereocenters. The van der Waals surface area contributed by atoms with Crippen molar-refractivity contribution in [2.75, 3.05) is 11.5 Å². The summed E-state index contributed by atoms with van der Waals surface area (Å²) in [5.41, 5.74) is 0. The Morgan fingerprint density at radius 1 is 1.38 bits per heavy atom. The standard InChI is InChI=1S/C11H22OS/c1-3-13-8-4-5-10-6-7-11(12)9(10)2/h9-12H,3-8H2,1-2H3. The quantitative estimate of drug-likeness (QED) is 0.692. The fourth-order valence-electron chi connectivity index (χ4n) is 2.22. The zero-order valence-corrected chi connectivity index (χ0v) is 9.65. The Labute approximate surface area is 86.3 Å². The number of rotatable bonds is 5. The molecule has 1 aliphatic rings. The van der Waals surface area contributed by atoms with Crippen molar-refractivity contribution in [2.24, 2.45) is 11.8 Å². The number of aliphatic hydroxyl groups is 1.